The highest BCUT2D eigenvalue weighted by Crippen LogP contribution is 2.41. The van der Waals surface area contributed by atoms with E-state index in [1.807, 2.05) is 50.2 Å². The predicted octanol–water partition coefficient (Wildman–Crippen LogP) is 3.75. The molecule has 0 spiro atoms. The lowest BCUT2D eigenvalue weighted by molar-refractivity contribution is -0.123. The van der Waals surface area contributed by atoms with E-state index in [0.717, 1.165) is 23.3 Å². The third-order valence-corrected chi connectivity index (χ3v) is 4.03. The van der Waals surface area contributed by atoms with E-state index in [1.165, 1.54) is 0 Å². The third-order valence-electron chi connectivity index (χ3n) is 3.79. The Morgan fingerprint density at radius 1 is 1.29 bits per heavy atom. The Morgan fingerprint density at radius 2 is 2.08 bits per heavy atom. The minimum atomic E-state index is -0.239. The predicted molar refractivity (Wildman–Crippen MR) is 93.6 cm³/mol. The van der Waals surface area contributed by atoms with E-state index in [1.54, 1.807) is 6.07 Å². The van der Waals surface area contributed by atoms with Crippen molar-refractivity contribution >= 4 is 17.5 Å². The molecule has 4 nitrogen and oxygen atoms in total. The maximum atomic E-state index is 12.0. The average Bonchev–Trinajstić information content (AvgIpc) is 2.85. The molecule has 0 saturated heterocycles. The number of para-hydroxylation sites is 1. The van der Waals surface area contributed by atoms with Gasteiger partial charge in [-0.3, -0.25) is 4.79 Å². The van der Waals surface area contributed by atoms with Crippen LogP contribution in [0.5, 0.6) is 11.5 Å². The van der Waals surface area contributed by atoms with E-state index in [2.05, 4.69) is 5.32 Å². The molecule has 1 aliphatic rings. The summed E-state index contributed by atoms with van der Waals surface area (Å²) in [6.07, 6.45) is 0.834. The molecule has 1 heterocycles. The van der Waals surface area contributed by atoms with E-state index in [4.69, 9.17) is 21.1 Å². The Bertz CT molecular complexity index is 758. The highest BCUT2D eigenvalue weighted by Gasteiger charge is 2.32. The molecule has 1 N–H and O–H groups in total. The van der Waals surface area contributed by atoms with Crippen LogP contribution < -0.4 is 14.8 Å². The lowest BCUT2D eigenvalue weighted by Crippen LogP contribution is -2.28. The molecule has 24 heavy (non-hydrogen) atoms. The number of hydrogen-bond acceptors (Lipinski definition) is 3. The molecule has 0 saturated carbocycles. The maximum Gasteiger partial charge on any atom is 0.258 e. The molecule has 3 rings (SSSR count). The Kier molecular flexibility index (Phi) is 4.67. The summed E-state index contributed by atoms with van der Waals surface area (Å²) >= 11 is 5.93. The topological polar surface area (TPSA) is 47.6 Å². The summed E-state index contributed by atoms with van der Waals surface area (Å²) in [5.41, 5.74) is 1.81. The molecule has 0 unspecified atom stereocenters. The number of fused-ring (bicyclic) bond motifs is 1. The van der Waals surface area contributed by atoms with Gasteiger partial charge in [-0.2, -0.15) is 0 Å². The van der Waals surface area contributed by atoms with E-state index < -0.39 is 0 Å². The second-order valence-electron chi connectivity index (χ2n) is 6.48. The molecule has 0 atom stereocenters. The molecule has 0 fully saturated rings. The Labute approximate surface area is 146 Å². The molecular formula is C19H20ClNO3. The summed E-state index contributed by atoms with van der Waals surface area (Å²) in [6, 6.07) is 13.2. The van der Waals surface area contributed by atoms with Crippen LogP contribution in [-0.2, 0) is 17.8 Å². The van der Waals surface area contributed by atoms with Gasteiger partial charge in [-0.15, -0.1) is 0 Å². The van der Waals surface area contributed by atoms with Crippen LogP contribution >= 0.6 is 11.6 Å². The molecule has 2 aromatic carbocycles. The van der Waals surface area contributed by atoms with Gasteiger partial charge < -0.3 is 14.8 Å². The van der Waals surface area contributed by atoms with Crippen molar-refractivity contribution in [3.05, 3.63) is 58.6 Å². The fourth-order valence-electron chi connectivity index (χ4n) is 2.74. The van der Waals surface area contributed by atoms with Gasteiger partial charge in [-0.25, -0.2) is 0 Å². The Hall–Kier alpha value is -2.20. The molecule has 0 radical (unpaired) electrons. The lowest BCUT2D eigenvalue weighted by atomic mass is 10.0. The highest BCUT2D eigenvalue weighted by molar-refractivity contribution is 6.30. The van der Waals surface area contributed by atoms with E-state index in [-0.39, 0.29) is 18.1 Å². The Morgan fingerprint density at radius 3 is 2.88 bits per heavy atom. The van der Waals surface area contributed by atoms with Crippen LogP contribution in [0.3, 0.4) is 0 Å². The van der Waals surface area contributed by atoms with E-state index in [9.17, 15) is 4.79 Å². The fourth-order valence-corrected chi connectivity index (χ4v) is 2.96. The van der Waals surface area contributed by atoms with Crippen LogP contribution in [0, 0.1) is 0 Å². The van der Waals surface area contributed by atoms with Gasteiger partial charge in [0, 0.05) is 23.6 Å². The van der Waals surface area contributed by atoms with E-state index >= 15 is 0 Å². The van der Waals surface area contributed by atoms with Crippen molar-refractivity contribution < 1.29 is 14.3 Å². The number of benzene rings is 2. The SMILES string of the molecule is CC1(C)Cc2cccc(OCC(=O)NCc3cccc(Cl)c3)c2O1. The number of halogens is 1. The van der Waals surface area contributed by atoms with Gasteiger partial charge in [0.25, 0.3) is 5.91 Å². The normalized spacial score (nSPS) is 14.6. The minimum absolute atomic E-state index is 0.0548. The van der Waals surface area contributed by atoms with Crippen LogP contribution in [0.15, 0.2) is 42.5 Å². The van der Waals surface area contributed by atoms with Crippen molar-refractivity contribution in [1.82, 2.24) is 5.32 Å². The zero-order chi connectivity index (χ0) is 17.2. The van der Waals surface area contributed by atoms with Gasteiger partial charge in [0.2, 0.25) is 0 Å². The van der Waals surface area contributed by atoms with Crippen LogP contribution in [0.1, 0.15) is 25.0 Å². The van der Waals surface area contributed by atoms with Crippen LogP contribution in [-0.4, -0.2) is 18.1 Å². The van der Waals surface area contributed by atoms with Gasteiger partial charge >= 0.3 is 0 Å². The zero-order valence-electron chi connectivity index (χ0n) is 13.8. The molecule has 2 aromatic rings. The highest BCUT2D eigenvalue weighted by atomic mass is 35.5. The fraction of sp³-hybridized carbons (Fsp3) is 0.316. The van der Waals surface area contributed by atoms with Crippen molar-refractivity contribution in [1.29, 1.82) is 0 Å². The van der Waals surface area contributed by atoms with Crippen molar-refractivity contribution in [3.8, 4) is 11.5 Å². The second-order valence-corrected chi connectivity index (χ2v) is 6.91. The van der Waals surface area contributed by atoms with Crippen molar-refractivity contribution in [2.45, 2.75) is 32.4 Å². The lowest BCUT2D eigenvalue weighted by Gasteiger charge is -2.18. The molecule has 0 bridgehead atoms. The molecule has 0 aromatic heterocycles. The molecular weight excluding hydrogens is 326 g/mol. The summed E-state index contributed by atoms with van der Waals surface area (Å²) in [5, 5.41) is 3.47. The number of hydrogen-bond donors (Lipinski definition) is 1. The molecule has 0 aliphatic carbocycles. The molecule has 1 amide bonds. The first kappa shape index (κ1) is 16.7. The number of nitrogens with one attached hydrogen (secondary N) is 1. The summed E-state index contributed by atoms with van der Waals surface area (Å²) < 4.78 is 11.6. The quantitative estimate of drug-likeness (QED) is 0.897. The smallest absolute Gasteiger partial charge is 0.258 e. The minimum Gasteiger partial charge on any atom is -0.483 e. The first-order chi connectivity index (χ1) is 11.4. The standard InChI is InChI=1S/C19H20ClNO3/c1-19(2)10-14-6-4-8-16(18(14)24-19)23-12-17(22)21-11-13-5-3-7-15(20)9-13/h3-9H,10-12H2,1-2H3,(H,21,22). The van der Waals surface area contributed by atoms with Gasteiger partial charge in [-0.05, 0) is 37.6 Å². The van der Waals surface area contributed by atoms with Crippen molar-refractivity contribution in [3.63, 3.8) is 0 Å². The molecule has 5 heteroatoms. The number of ether oxygens (including phenoxy) is 2. The van der Waals surface area contributed by atoms with Gasteiger partial charge in [0.1, 0.15) is 5.60 Å². The summed E-state index contributed by atoms with van der Waals surface area (Å²) in [4.78, 5) is 12.0. The van der Waals surface area contributed by atoms with Gasteiger partial charge in [0.05, 0.1) is 0 Å². The maximum absolute atomic E-state index is 12.0. The summed E-state index contributed by atoms with van der Waals surface area (Å²) in [7, 11) is 0. The van der Waals surface area contributed by atoms with Gasteiger partial charge in [-0.1, -0.05) is 35.9 Å². The van der Waals surface area contributed by atoms with E-state index in [0.29, 0.717) is 17.3 Å². The zero-order valence-corrected chi connectivity index (χ0v) is 14.5. The van der Waals surface area contributed by atoms with Crippen LogP contribution in [0.25, 0.3) is 0 Å². The van der Waals surface area contributed by atoms with Crippen LogP contribution in [0.4, 0.5) is 0 Å². The third kappa shape index (κ3) is 4.01. The second kappa shape index (κ2) is 6.73. The Balaban J connectivity index is 1.55. The van der Waals surface area contributed by atoms with Gasteiger partial charge in [0.15, 0.2) is 18.1 Å². The number of rotatable bonds is 5. The first-order valence-corrected chi connectivity index (χ1v) is 8.26. The van der Waals surface area contributed by atoms with Crippen molar-refractivity contribution in [2.24, 2.45) is 0 Å². The molecule has 126 valence electrons. The number of carbonyl (C=O) groups excluding carboxylic acids is 1. The van der Waals surface area contributed by atoms with Crippen molar-refractivity contribution in [2.75, 3.05) is 6.61 Å². The summed E-state index contributed by atoms with van der Waals surface area (Å²) in [5.74, 6) is 1.16. The first-order valence-electron chi connectivity index (χ1n) is 7.88. The number of amides is 1. The monoisotopic (exact) mass is 345 g/mol. The van der Waals surface area contributed by atoms with Crippen LogP contribution in [0.2, 0.25) is 5.02 Å². The summed E-state index contributed by atoms with van der Waals surface area (Å²) in [6.45, 7) is 4.43. The average molecular weight is 346 g/mol. The molecule has 1 aliphatic heterocycles. The largest absolute Gasteiger partial charge is 0.483 e. The number of carbonyl (C=O) groups is 1.